The third-order valence-electron chi connectivity index (χ3n) is 3.74. The van der Waals surface area contributed by atoms with Crippen molar-refractivity contribution >= 4 is 12.1 Å². The van der Waals surface area contributed by atoms with E-state index in [1.807, 2.05) is 38.1 Å². The number of furan rings is 1. The molecule has 0 radical (unpaired) electrons. The first-order valence-electron chi connectivity index (χ1n) is 7.56. The molecule has 122 valence electrons. The van der Waals surface area contributed by atoms with Crippen molar-refractivity contribution in [1.82, 2.24) is 15.6 Å². The first-order valence-corrected chi connectivity index (χ1v) is 7.56. The molecule has 0 bridgehead atoms. The summed E-state index contributed by atoms with van der Waals surface area (Å²) < 4.78 is 5.33. The molecule has 6 nitrogen and oxygen atoms in total. The van der Waals surface area contributed by atoms with Gasteiger partial charge in [0.05, 0.1) is 11.9 Å². The van der Waals surface area contributed by atoms with Crippen molar-refractivity contribution in [2.75, 3.05) is 0 Å². The molecule has 0 unspecified atom stereocenters. The van der Waals surface area contributed by atoms with Crippen molar-refractivity contribution in [2.24, 2.45) is 5.10 Å². The fourth-order valence-electron chi connectivity index (χ4n) is 2.22. The predicted octanol–water partition coefficient (Wildman–Crippen LogP) is 3.36. The van der Waals surface area contributed by atoms with E-state index < -0.39 is 0 Å². The van der Waals surface area contributed by atoms with Gasteiger partial charge in [-0.25, -0.2) is 5.43 Å². The lowest BCUT2D eigenvalue weighted by atomic mass is 10.0. The fourth-order valence-corrected chi connectivity index (χ4v) is 2.22. The van der Waals surface area contributed by atoms with Gasteiger partial charge < -0.3 is 4.42 Å². The van der Waals surface area contributed by atoms with Gasteiger partial charge in [-0.2, -0.15) is 10.2 Å². The number of aromatic amines is 1. The van der Waals surface area contributed by atoms with E-state index in [4.69, 9.17) is 4.42 Å². The first kappa shape index (κ1) is 15.7. The average Bonchev–Trinajstić information content (AvgIpc) is 3.19. The predicted molar refractivity (Wildman–Crippen MR) is 92.0 cm³/mol. The van der Waals surface area contributed by atoms with E-state index in [0.29, 0.717) is 17.1 Å². The third kappa shape index (κ3) is 3.43. The molecule has 2 aromatic heterocycles. The van der Waals surface area contributed by atoms with Crippen molar-refractivity contribution in [3.63, 3.8) is 0 Å². The van der Waals surface area contributed by atoms with Crippen LogP contribution in [0.15, 0.2) is 45.9 Å². The fraction of sp³-hybridized carbons (Fsp3) is 0.167. The molecule has 24 heavy (non-hydrogen) atoms. The zero-order chi connectivity index (χ0) is 17.1. The van der Waals surface area contributed by atoms with Gasteiger partial charge >= 0.3 is 0 Å². The highest BCUT2D eigenvalue weighted by atomic mass is 16.3. The smallest absolute Gasteiger partial charge is 0.289 e. The number of hydrogen-bond acceptors (Lipinski definition) is 4. The van der Waals surface area contributed by atoms with Crippen molar-refractivity contribution < 1.29 is 9.21 Å². The Balaban J connectivity index is 1.69. The zero-order valence-electron chi connectivity index (χ0n) is 13.8. The van der Waals surface area contributed by atoms with E-state index in [0.717, 1.165) is 11.3 Å². The van der Waals surface area contributed by atoms with Crippen LogP contribution in [0, 0.1) is 20.8 Å². The Morgan fingerprint density at radius 1 is 1.17 bits per heavy atom. The van der Waals surface area contributed by atoms with Crippen LogP contribution in [0.25, 0.3) is 11.3 Å². The van der Waals surface area contributed by atoms with Crippen LogP contribution < -0.4 is 5.43 Å². The van der Waals surface area contributed by atoms with E-state index in [1.54, 1.807) is 12.1 Å². The molecule has 1 amide bonds. The normalized spacial score (nSPS) is 11.1. The van der Waals surface area contributed by atoms with Gasteiger partial charge in [-0.15, -0.1) is 0 Å². The Morgan fingerprint density at radius 2 is 2.00 bits per heavy atom. The topological polar surface area (TPSA) is 83.3 Å². The summed E-state index contributed by atoms with van der Waals surface area (Å²) in [6.45, 7) is 5.94. The maximum Gasteiger partial charge on any atom is 0.289 e. The second-order valence-electron chi connectivity index (χ2n) is 5.61. The van der Waals surface area contributed by atoms with Gasteiger partial charge in [0, 0.05) is 5.56 Å². The Labute approximate surface area is 139 Å². The minimum absolute atomic E-state index is 0.344. The van der Waals surface area contributed by atoms with E-state index in [1.165, 1.54) is 17.3 Å². The molecule has 6 heteroatoms. The average molecular weight is 322 g/mol. The summed E-state index contributed by atoms with van der Waals surface area (Å²) in [6.07, 6.45) is 1.45. The van der Waals surface area contributed by atoms with Crippen LogP contribution in [-0.4, -0.2) is 22.3 Å². The number of aromatic nitrogens is 2. The number of carbonyl (C=O) groups excluding carboxylic acids is 1. The number of nitrogens with zero attached hydrogens (tertiary/aromatic N) is 2. The highest BCUT2D eigenvalue weighted by Crippen LogP contribution is 2.20. The first-order chi connectivity index (χ1) is 11.5. The number of H-pyrrole nitrogens is 1. The quantitative estimate of drug-likeness (QED) is 0.570. The molecule has 0 saturated heterocycles. The van der Waals surface area contributed by atoms with Crippen molar-refractivity contribution in [3.8, 4) is 11.3 Å². The lowest BCUT2D eigenvalue weighted by Crippen LogP contribution is -2.17. The Kier molecular flexibility index (Phi) is 4.29. The van der Waals surface area contributed by atoms with Gasteiger partial charge in [-0.3, -0.25) is 9.89 Å². The maximum atomic E-state index is 12.1. The SMILES string of the molecule is Cc1ccc(C=NNC(=O)c2cc(-c3ccc(C)c(C)c3)n[nH]2)o1. The lowest BCUT2D eigenvalue weighted by Gasteiger charge is -2.01. The molecule has 0 aliphatic carbocycles. The molecule has 3 aromatic rings. The standard InChI is InChI=1S/C18H18N4O2/c1-11-4-6-14(8-12(11)2)16-9-17(21-20-16)18(23)22-19-10-15-7-5-13(3)24-15/h4-10H,1-3H3,(H,20,21)(H,22,23). The second-order valence-corrected chi connectivity index (χ2v) is 5.61. The Hall–Kier alpha value is -3.15. The second kappa shape index (κ2) is 6.54. The van der Waals surface area contributed by atoms with Gasteiger partial charge in [0.2, 0.25) is 0 Å². The minimum atomic E-state index is -0.364. The number of hydrogen-bond donors (Lipinski definition) is 2. The van der Waals surface area contributed by atoms with E-state index >= 15 is 0 Å². The molecule has 0 aliphatic heterocycles. The van der Waals surface area contributed by atoms with Crippen LogP contribution in [0.3, 0.4) is 0 Å². The summed E-state index contributed by atoms with van der Waals surface area (Å²) in [6, 6.07) is 11.4. The van der Waals surface area contributed by atoms with Crippen LogP contribution in [0.2, 0.25) is 0 Å². The molecule has 0 saturated carbocycles. The van der Waals surface area contributed by atoms with Crippen LogP contribution in [0.5, 0.6) is 0 Å². The summed E-state index contributed by atoms with van der Waals surface area (Å²) in [5.41, 5.74) is 6.86. The van der Waals surface area contributed by atoms with E-state index in [2.05, 4.69) is 27.6 Å². The van der Waals surface area contributed by atoms with Crippen molar-refractivity contribution in [2.45, 2.75) is 20.8 Å². The minimum Gasteiger partial charge on any atom is -0.460 e. The van der Waals surface area contributed by atoms with Gasteiger partial charge in [-0.05, 0) is 56.2 Å². The number of nitrogens with one attached hydrogen (secondary N) is 2. The summed E-state index contributed by atoms with van der Waals surface area (Å²) in [5.74, 6) is 1.000. The third-order valence-corrected chi connectivity index (χ3v) is 3.74. The molecule has 2 heterocycles. The molecular formula is C18H18N4O2. The molecule has 0 atom stereocenters. The van der Waals surface area contributed by atoms with Crippen molar-refractivity contribution in [1.29, 1.82) is 0 Å². The van der Waals surface area contributed by atoms with Gasteiger partial charge in [-0.1, -0.05) is 12.1 Å². The van der Waals surface area contributed by atoms with Crippen LogP contribution >= 0.6 is 0 Å². The largest absolute Gasteiger partial charge is 0.460 e. The molecule has 0 aliphatic rings. The zero-order valence-corrected chi connectivity index (χ0v) is 13.8. The number of amides is 1. The molecule has 0 fully saturated rings. The Morgan fingerprint density at radius 3 is 2.71 bits per heavy atom. The summed E-state index contributed by atoms with van der Waals surface area (Å²) in [5, 5.41) is 10.8. The number of carbonyl (C=O) groups is 1. The molecular weight excluding hydrogens is 304 g/mol. The van der Waals surface area contributed by atoms with Gasteiger partial charge in [0.15, 0.2) is 0 Å². The Bertz CT molecular complexity index is 905. The monoisotopic (exact) mass is 322 g/mol. The van der Waals surface area contributed by atoms with Crippen LogP contribution in [-0.2, 0) is 0 Å². The number of aryl methyl sites for hydroxylation is 3. The van der Waals surface area contributed by atoms with Crippen LogP contribution in [0.1, 0.15) is 33.1 Å². The molecule has 2 N–H and O–H groups in total. The highest BCUT2D eigenvalue weighted by Gasteiger charge is 2.11. The number of hydrazone groups is 1. The molecule has 1 aromatic carbocycles. The van der Waals surface area contributed by atoms with Crippen LogP contribution in [0.4, 0.5) is 0 Å². The van der Waals surface area contributed by atoms with Gasteiger partial charge in [0.1, 0.15) is 17.2 Å². The lowest BCUT2D eigenvalue weighted by molar-refractivity contribution is 0.0950. The summed E-state index contributed by atoms with van der Waals surface area (Å²) in [4.78, 5) is 12.1. The molecule has 0 spiro atoms. The summed E-state index contributed by atoms with van der Waals surface area (Å²) >= 11 is 0. The van der Waals surface area contributed by atoms with E-state index in [9.17, 15) is 4.79 Å². The van der Waals surface area contributed by atoms with Gasteiger partial charge in [0.25, 0.3) is 5.91 Å². The summed E-state index contributed by atoms with van der Waals surface area (Å²) in [7, 11) is 0. The number of benzene rings is 1. The van der Waals surface area contributed by atoms with Crippen molar-refractivity contribution in [3.05, 3.63) is 64.7 Å². The molecule has 3 rings (SSSR count). The van der Waals surface area contributed by atoms with E-state index in [-0.39, 0.29) is 5.91 Å². The number of rotatable bonds is 4. The maximum absolute atomic E-state index is 12.1. The highest BCUT2D eigenvalue weighted by molar-refractivity contribution is 5.93.